The maximum Gasteiger partial charge on any atom is 0.404 e. The Morgan fingerprint density at radius 1 is 0.939 bits per heavy atom. The molecule has 2 atom stereocenters. The molecule has 0 saturated heterocycles. The van der Waals surface area contributed by atoms with Gasteiger partial charge in [0.1, 0.15) is 12.2 Å². The fourth-order valence-electron chi connectivity index (χ4n) is 5.04. The molecule has 2 N–H and O–H groups in total. The molecular weight excluding hydrogens is 450 g/mol. The first-order chi connectivity index (χ1) is 15.7. The van der Waals surface area contributed by atoms with Gasteiger partial charge in [-0.15, -0.1) is 0 Å². The zero-order chi connectivity index (χ0) is 23.6. The van der Waals surface area contributed by atoms with E-state index in [0.29, 0.717) is 11.4 Å². The SMILES string of the molecule is CC(C)(C)[Si](O[C@@H]1c2c(Cl)cccc2CC[C@H]1OC(N)=O)(c1ccccc1)c1ccccc1. The van der Waals surface area contributed by atoms with E-state index in [1.165, 1.54) is 0 Å². The topological polar surface area (TPSA) is 61.6 Å². The number of ether oxygens (including phenoxy) is 1. The van der Waals surface area contributed by atoms with Crippen LogP contribution in [0.3, 0.4) is 0 Å². The van der Waals surface area contributed by atoms with E-state index in [0.717, 1.165) is 27.9 Å². The lowest BCUT2D eigenvalue weighted by Crippen LogP contribution is -2.67. The van der Waals surface area contributed by atoms with E-state index in [1.807, 2.05) is 48.5 Å². The van der Waals surface area contributed by atoms with Crippen LogP contribution in [0.5, 0.6) is 0 Å². The largest absolute Gasteiger partial charge is 0.443 e. The molecule has 6 heteroatoms. The van der Waals surface area contributed by atoms with Gasteiger partial charge < -0.3 is 14.9 Å². The molecule has 0 bridgehead atoms. The van der Waals surface area contributed by atoms with Crippen molar-refractivity contribution in [2.75, 3.05) is 0 Å². The molecule has 0 radical (unpaired) electrons. The Morgan fingerprint density at radius 3 is 2.03 bits per heavy atom. The minimum Gasteiger partial charge on any atom is -0.443 e. The first kappa shape index (κ1) is 23.6. The second kappa shape index (κ2) is 9.33. The molecule has 0 unspecified atom stereocenters. The summed E-state index contributed by atoms with van der Waals surface area (Å²) in [5.41, 5.74) is 7.49. The minimum absolute atomic E-state index is 0.230. The van der Waals surface area contributed by atoms with Crippen molar-refractivity contribution in [3.05, 3.63) is 95.0 Å². The van der Waals surface area contributed by atoms with Crippen LogP contribution < -0.4 is 16.1 Å². The highest BCUT2D eigenvalue weighted by Gasteiger charge is 2.53. The highest BCUT2D eigenvalue weighted by molar-refractivity contribution is 6.99. The van der Waals surface area contributed by atoms with Crippen LogP contribution in [0.4, 0.5) is 4.79 Å². The zero-order valence-corrected chi connectivity index (χ0v) is 21.0. The third kappa shape index (κ3) is 4.45. The van der Waals surface area contributed by atoms with E-state index in [-0.39, 0.29) is 5.04 Å². The fraction of sp³-hybridized carbons (Fsp3) is 0.296. The van der Waals surface area contributed by atoms with Crippen LogP contribution in [0, 0.1) is 0 Å². The molecule has 1 amide bonds. The first-order valence-electron chi connectivity index (χ1n) is 11.3. The van der Waals surface area contributed by atoms with Gasteiger partial charge in [-0.05, 0) is 39.9 Å². The third-order valence-electron chi connectivity index (χ3n) is 6.45. The standard InChI is InChI=1S/C27H30ClNO3Si/c1-27(2,3)33(20-12-6-4-7-13-20,21-14-8-5-9-15-21)32-25-23(31-26(29)30)18-17-19-11-10-16-22(28)24(19)25/h4-16,23,25H,17-18H2,1-3H3,(H2,29,30)/t23-,25+/m1/s1. The van der Waals surface area contributed by atoms with Crippen LogP contribution >= 0.6 is 11.6 Å². The van der Waals surface area contributed by atoms with E-state index in [9.17, 15) is 4.79 Å². The van der Waals surface area contributed by atoms with Crippen molar-refractivity contribution in [3.63, 3.8) is 0 Å². The lowest BCUT2D eigenvalue weighted by molar-refractivity contribution is 0.00355. The van der Waals surface area contributed by atoms with Crippen LogP contribution in [0.15, 0.2) is 78.9 Å². The van der Waals surface area contributed by atoms with Gasteiger partial charge in [0, 0.05) is 10.6 Å². The molecule has 0 heterocycles. The molecule has 4 rings (SSSR count). The zero-order valence-electron chi connectivity index (χ0n) is 19.3. The van der Waals surface area contributed by atoms with Crippen molar-refractivity contribution in [2.24, 2.45) is 5.73 Å². The van der Waals surface area contributed by atoms with Gasteiger partial charge in [0.15, 0.2) is 0 Å². The number of nitrogens with two attached hydrogens (primary N) is 1. The van der Waals surface area contributed by atoms with E-state index < -0.39 is 26.6 Å². The van der Waals surface area contributed by atoms with Crippen molar-refractivity contribution in [3.8, 4) is 0 Å². The molecular formula is C27H30ClNO3Si. The number of rotatable bonds is 5. The summed E-state index contributed by atoms with van der Waals surface area (Å²) in [6.45, 7) is 6.67. The smallest absolute Gasteiger partial charge is 0.404 e. The average molecular weight is 480 g/mol. The molecule has 3 aromatic rings. The predicted molar refractivity (Wildman–Crippen MR) is 136 cm³/mol. The van der Waals surface area contributed by atoms with Crippen LogP contribution in [-0.2, 0) is 15.6 Å². The Labute approximate surface area is 201 Å². The van der Waals surface area contributed by atoms with Gasteiger partial charge in [0.25, 0.3) is 8.32 Å². The Balaban J connectivity index is 1.96. The van der Waals surface area contributed by atoms with Crippen molar-refractivity contribution in [1.82, 2.24) is 0 Å². The molecule has 0 fully saturated rings. The third-order valence-corrected chi connectivity index (χ3v) is 11.8. The lowest BCUT2D eigenvalue weighted by Gasteiger charge is -2.47. The van der Waals surface area contributed by atoms with Crippen molar-refractivity contribution < 1.29 is 14.0 Å². The molecule has 0 aliphatic heterocycles. The minimum atomic E-state index is -2.91. The second-order valence-corrected chi connectivity index (χ2v) is 14.2. The number of halogens is 1. The lowest BCUT2D eigenvalue weighted by atomic mass is 9.87. The molecule has 0 spiro atoms. The van der Waals surface area contributed by atoms with Crippen molar-refractivity contribution in [2.45, 2.75) is 50.9 Å². The van der Waals surface area contributed by atoms with Gasteiger partial charge in [-0.1, -0.05) is 105 Å². The average Bonchev–Trinajstić information content (AvgIpc) is 2.78. The van der Waals surface area contributed by atoms with Gasteiger partial charge in [-0.3, -0.25) is 0 Å². The normalized spacial score (nSPS) is 18.4. The van der Waals surface area contributed by atoms with Crippen LogP contribution in [0.2, 0.25) is 10.1 Å². The summed E-state index contributed by atoms with van der Waals surface area (Å²) in [6.07, 6.45) is -0.475. The molecule has 1 aliphatic rings. The number of carbonyl (C=O) groups excluding carboxylic acids is 1. The molecule has 0 aromatic heterocycles. The molecule has 1 aliphatic carbocycles. The number of carbonyl (C=O) groups is 1. The quantitative estimate of drug-likeness (QED) is 0.500. The van der Waals surface area contributed by atoms with Gasteiger partial charge >= 0.3 is 6.09 Å². The number of hydrogen-bond acceptors (Lipinski definition) is 3. The molecule has 0 saturated carbocycles. The molecule has 33 heavy (non-hydrogen) atoms. The first-order valence-corrected chi connectivity index (χ1v) is 13.5. The highest BCUT2D eigenvalue weighted by atomic mass is 35.5. The predicted octanol–water partition coefficient (Wildman–Crippen LogP) is 5.37. The number of aryl methyl sites for hydroxylation is 1. The summed E-state index contributed by atoms with van der Waals surface area (Å²) in [4.78, 5) is 11.8. The van der Waals surface area contributed by atoms with E-state index in [1.54, 1.807) is 0 Å². The van der Waals surface area contributed by atoms with Crippen molar-refractivity contribution in [1.29, 1.82) is 0 Å². The number of primary amides is 1. The van der Waals surface area contributed by atoms with Crippen LogP contribution in [-0.4, -0.2) is 20.5 Å². The Morgan fingerprint density at radius 2 is 1.52 bits per heavy atom. The van der Waals surface area contributed by atoms with Gasteiger partial charge in [0.05, 0.1) is 0 Å². The van der Waals surface area contributed by atoms with Crippen LogP contribution in [0.25, 0.3) is 0 Å². The summed E-state index contributed by atoms with van der Waals surface area (Å²) in [6, 6.07) is 26.7. The summed E-state index contributed by atoms with van der Waals surface area (Å²) in [5.74, 6) is 0. The Bertz CT molecular complexity index is 1080. The summed E-state index contributed by atoms with van der Waals surface area (Å²) >= 11 is 6.74. The fourth-order valence-corrected chi connectivity index (χ4v) is 10.0. The van der Waals surface area contributed by atoms with E-state index >= 15 is 0 Å². The Kier molecular flexibility index (Phi) is 6.66. The molecule has 4 nitrogen and oxygen atoms in total. The maximum atomic E-state index is 11.8. The number of hydrogen-bond donors (Lipinski definition) is 1. The maximum absolute atomic E-state index is 11.8. The van der Waals surface area contributed by atoms with Crippen molar-refractivity contribution >= 4 is 36.4 Å². The van der Waals surface area contributed by atoms with Gasteiger partial charge in [-0.2, -0.15) is 0 Å². The van der Waals surface area contributed by atoms with E-state index in [4.69, 9.17) is 26.5 Å². The van der Waals surface area contributed by atoms with Gasteiger partial charge in [0.2, 0.25) is 0 Å². The monoisotopic (exact) mass is 479 g/mol. The summed E-state index contributed by atoms with van der Waals surface area (Å²) < 4.78 is 13.0. The number of fused-ring (bicyclic) bond motifs is 1. The van der Waals surface area contributed by atoms with E-state index in [2.05, 4.69) is 51.1 Å². The number of benzene rings is 3. The molecule has 3 aromatic carbocycles. The Hall–Kier alpha value is -2.60. The molecule has 172 valence electrons. The second-order valence-electron chi connectivity index (χ2n) is 9.53. The van der Waals surface area contributed by atoms with Gasteiger partial charge in [-0.25, -0.2) is 4.79 Å². The summed E-state index contributed by atoms with van der Waals surface area (Å²) in [7, 11) is -2.91. The highest BCUT2D eigenvalue weighted by Crippen LogP contribution is 2.45. The van der Waals surface area contributed by atoms with Crippen LogP contribution in [0.1, 0.15) is 44.4 Å². The number of amides is 1. The summed E-state index contributed by atoms with van der Waals surface area (Å²) in [5, 5.41) is 2.70.